The maximum absolute atomic E-state index is 8.68. The molecular formula is C12H15N3O2. The smallest absolute Gasteiger partial charge is 0.227 e. The van der Waals surface area contributed by atoms with Crippen LogP contribution < -0.4 is 0 Å². The Labute approximate surface area is 99.5 Å². The lowest BCUT2D eigenvalue weighted by Gasteiger charge is -1.94. The van der Waals surface area contributed by atoms with E-state index in [0.29, 0.717) is 18.1 Å². The third-order valence-corrected chi connectivity index (χ3v) is 2.38. The van der Waals surface area contributed by atoms with Crippen molar-refractivity contribution in [1.29, 1.82) is 0 Å². The van der Waals surface area contributed by atoms with Gasteiger partial charge in [-0.25, -0.2) is 4.98 Å². The van der Waals surface area contributed by atoms with Crippen molar-refractivity contribution < 1.29 is 9.63 Å². The van der Waals surface area contributed by atoms with Crippen molar-refractivity contribution >= 4 is 0 Å². The van der Waals surface area contributed by atoms with Gasteiger partial charge in [0.25, 0.3) is 0 Å². The number of pyridine rings is 1. The zero-order valence-corrected chi connectivity index (χ0v) is 9.76. The van der Waals surface area contributed by atoms with Crippen LogP contribution in [0.1, 0.15) is 24.4 Å². The van der Waals surface area contributed by atoms with Gasteiger partial charge in [0.05, 0.1) is 0 Å². The van der Waals surface area contributed by atoms with Gasteiger partial charge in [0, 0.05) is 18.7 Å². The zero-order valence-electron chi connectivity index (χ0n) is 9.76. The minimum atomic E-state index is 0.195. The second-order valence-corrected chi connectivity index (χ2v) is 3.86. The quantitative estimate of drug-likeness (QED) is 0.796. The second kappa shape index (κ2) is 5.54. The summed E-state index contributed by atoms with van der Waals surface area (Å²) in [5.74, 6) is 1.12. The maximum Gasteiger partial charge on any atom is 0.227 e. The van der Waals surface area contributed by atoms with E-state index in [1.807, 2.05) is 25.1 Å². The van der Waals surface area contributed by atoms with Gasteiger partial charge < -0.3 is 9.63 Å². The first-order valence-corrected chi connectivity index (χ1v) is 5.67. The molecule has 0 spiro atoms. The summed E-state index contributed by atoms with van der Waals surface area (Å²) < 4.78 is 5.12. The molecule has 2 rings (SSSR count). The number of unbranched alkanes of at least 4 members (excludes halogenated alkanes) is 1. The molecule has 1 N–H and O–H groups in total. The maximum atomic E-state index is 8.68. The molecule has 5 nitrogen and oxygen atoms in total. The van der Waals surface area contributed by atoms with Crippen molar-refractivity contribution in [2.24, 2.45) is 0 Å². The Morgan fingerprint density at radius 2 is 2.12 bits per heavy atom. The van der Waals surface area contributed by atoms with Crippen LogP contribution in [0.2, 0.25) is 0 Å². The summed E-state index contributed by atoms with van der Waals surface area (Å²) >= 11 is 0. The van der Waals surface area contributed by atoms with Crippen LogP contribution in [0.15, 0.2) is 22.7 Å². The molecule has 0 saturated heterocycles. The van der Waals surface area contributed by atoms with Gasteiger partial charge in [-0.15, -0.1) is 0 Å². The summed E-state index contributed by atoms with van der Waals surface area (Å²) in [4.78, 5) is 8.60. The molecule has 5 heteroatoms. The number of rotatable bonds is 5. The van der Waals surface area contributed by atoms with Gasteiger partial charge in [-0.3, -0.25) is 0 Å². The highest BCUT2D eigenvalue weighted by Gasteiger charge is 2.09. The number of hydrogen-bond acceptors (Lipinski definition) is 5. The van der Waals surface area contributed by atoms with Crippen molar-refractivity contribution in [1.82, 2.24) is 15.1 Å². The van der Waals surface area contributed by atoms with Crippen LogP contribution in [0.5, 0.6) is 0 Å². The van der Waals surface area contributed by atoms with Gasteiger partial charge in [-0.2, -0.15) is 4.98 Å². The van der Waals surface area contributed by atoms with E-state index in [9.17, 15) is 0 Å². The molecule has 0 aliphatic heterocycles. The van der Waals surface area contributed by atoms with Crippen LogP contribution in [0, 0.1) is 6.92 Å². The average Bonchev–Trinajstić information content (AvgIpc) is 2.78. The van der Waals surface area contributed by atoms with Gasteiger partial charge in [-0.1, -0.05) is 11.2 Å². The molecule has 2 heterocycles. The summed E-state index contributed by atoms with van der Waals surface area (Å²) in [6, 6.07) is 5.69. The molecule has 90 valence electrons. The molecule has 0 bridgehead atoms. The number of nitrogens with zero attached hydrogens (tertiary/aromatic N) is 3. The highest BCUT2D eigenvalue weighted by atomic mass is 16.5. The van der Waals surface area contributed by atoms with Gasteiger partial charge >= 0.3 is 0 Å². The summed E-state index contributed by atoms with van der Waals surface area (Å²) in [6.45, 7) is 2.12. The molecule has 2 aromatic rings. The Hall–Kier alpha value is -1.75. The van der Waals surface area contributed by atoms with Crippen molar-refractivity contribution in [2.45, 2.75) is 26.2 Å². The van der Waals surface area contributed by atoms with Gasteiger partial charge in [0.1, 0.15) is 5.69 Å². The Bertz CT molecular complexity index is 482. The number of hydrogen-bond donors (Lipinski definition) is 1. The van der Waals surface area contributed by atoms with Crippen LogP contribution in [0.25, 0.3) is 11.5 Å². The fourth-order valence-electron chi connectivity index (χ4n) is 1.52. The number of aromatic nitrogens is 3. The summed E-state index contributed by atoms with van der Waals surface area (Å²) in [7, 11) is 0. The standard InChI is InChI=1S/C12H15N3O2/c1-9-5-4-6-10(13-9)12-14-11(17-15-12)7-2-3-8-16/h4-6,16H,2-3,7-8H2,1H3. The van der Waals surface area contributed by atoms with Crippen LogP contribution in [0.4, 0.5) is 0 Å². The average molecular weight is 233 g/mol. The normalized spacial score (nSPS) is 10.7. The van der Waals surface area contributed by atoms with Gasteiger partial charge in [-0.05, 0) is 31.9 Å². The fourth-order valence-corrected chi connectivity index (χ4v) is 1.52. The highest BCUT2D eigenvalue weighted by Crippen LogP contribution is 2.14. The molecule has 2 aromatic heterocycles. The monoisotopic (exact) mass is 233 g/mol. The summed E-state index contributed by atoms with van der Waals surface area (Å²) in [6.07, 6.45) is 2.29. The van der Waals surface area contributed by atoms with Crippen molar-refractivity contribution in [2.75, 3.05) is 6.61 Å². The molecule has 0 amide bonds. The van der Waals surface area contributed by atoms with Crippen molar-refractivity contribution in [3.05, 3.63) is 29.8 Å². The molecule has 0 aliphatic carbocycles. The lowest BCUT2D eigenvalue weighted by Crippen LogP contribution is -1.90. The van der Waals surface area contributed by atoms with Gasteiger partial charge in [0.2, 0.25) is 11.7 Å². The third-order valence-electron chi connectivity index (χ3n) is 2.38. The molecule has 0 radical (unpaired) electrons. The molecule has 0 atom stereocenters. The molecule has 0 aliphatic rings. The Morgan fingerprint density at radius 3 is 2.88 bits per heavy atom. The number of aliphatic hydroxyl groups is 1. The predicted octanol–water partition coefficient (Wildman–Crippen LogP) is 1.76. The minimum Gasteiger partial charge on any atom is -0.396 e. The Morgan fingerprint density at radius 1 is 1.24 bits per heavy atom. The summed E-state index contributed by atoms with van der Waals surface area (Å²) in [5, 5.41) is 12.6. The van der Waals surface area contributed by atoms with Crippen LogP contribution in [0.3, 0.4) is 0 Å². The first-order valence-electron chi connectivity index (χ1n) is 5.67. The van der Waals surface area contributed by atoms with E-state index < -0.39 is 0 Å². The lowest BCUT2D eigenvalue weighted by atomic mass is 10.2. The lowest BCUT2D eigenvalue weighted by molar-refractivity contribution is 0.281. The van der Waals surface area contributed by atoms with Crippen LogP contribution in [-0.2, 0) is 6.42 Å². The van der Waals surface area contributed by atoms with Gasteiger partial charge in [0.15, 0.2) is 0 Å². The second-order valence-electron chi connectivity index (χ2n) is 3.86. The summed E-state index contributed by atoms with van der Waals surface area (Å²) in [5.41, 5.74) is 1.65. The highest BCUT2D eigenvalue weighted by molar-refractivity contribution is 5.47. The molecular weight excluding hydrogens is 218 g/mol. The molecule has 0 fully saturated rings. The molecule has 17 heavy (non-hydrogen) atoms. The van der Waals surface area contributed by atoms with Crippen molar-refractivity contribution in [3.63, 3.8) is 0 Å². The molecule has 0 aromatic carbocycles. The molecule has 0 saturated carbocycles. The van der Waals surface area contributed by atoms with E-state index in [2.05, 4.69) is 15.1 Å². The largest absolute Gasteiger partial charge is 0.396 e. The Kier molecular flexibility index (Phi) is 3.82. The number of aliphatic hydroxyl groups excluding tert-OH is 1. The number of aryl methyl sites for hydroxylation is 2. The SMILES string of the molecule is Cc1cccc(-c2noc(CCCCO)n2)n1. The third kappa shape index (κ3) is 3.10. The molecule has 0 unspecified atom stereocenters. The topological polar surface area (TPSA) is 72.0 Å². The Balaban J connectivity index is 2.07. The first-order chi connectivity index (χ1) is 8.29. The fraction of sp³-hybridized carbons (Fsp3) is 0.417. The zero-order chi connectivity index (χ0) is 12.1. The van der Waals surface area contributed by atoms with Crippen LogP contribution >= 0.6 is 0 Å². The predicted molar refractivity (Wildman–Crippen MR) is 62.3 cm³/mol. The first kappa shape index (κ1) is 11.7. The van der Waals surface area contributed by atoms with Crippen LogP contribution in [-0.4, -0.2) is 26.8 Å². The van der Waals surface area contributed by atoms with E-state index in [4.69, 9.17) is 9.63 Å². The van der Waals surface area contributed by atoms with Crippen molar-refractivity contribution in [3.8, 4) is 11.5 Å². The van der Waals surface area contributed by atoms with E-state index in [1.165, 1.54) is 0 Å². The van der Waals surface area contributed by atoms with E-state index in [0.717, 1.165) is 24.2 Å². The van der Waals surface area contributed by atoms with E-state index >= 15 is 0 Å². The van der Waals surface area contributed by atoms with E-state index in [1.54, 1.807) is 0 Å². The van der Waals surface area contributed by atoms with E-state index in [-0.39, 0.29) is 6.61 Å². The minimum absolute atomic E-state index is 0.195.